The van der Waals surface area contributed by atoms with Crippen molar-refractivity contribution in [1.29, 1.82) is 0 Å². The fourth-order valence-corrected chi connectivity index (χ4v) is 1.96. The van der Waals surface area contributed by atoms with Gasteiger partial charge >= 0.3 is 0 Å². The molecule has 0 fully saturated rings. The average Bonchev–Trinajstić information content (AvgIpc) is 2.35. The standard InChI is InChI=1S/C14H29NO2/c1-7-11(3)12(4)14(16)15(5)9-13(8-2)10-17-6/h11-13H,7-10H2,1-6H3. The number of nitrogens with zero attached hydrogens (tertiary/aromatic N) is 1. The lowest BCUT2D eigenvalue weighted by molar-refractivity contribution is -0.136. The van der Waals surface area contributed by atoms with E-state index in [1.54, 1.807) is 7.11 Å². The van der Waals surface area contributed by atoms with E-state index in [1.165, 1.54) is 0 Å². The monoisotopic (exact) mass is 243 g/mol. The molecule has 3 unspecified atom stereocenters. The van der Waals surface area contributed by atoms with Crippen LogP contribution < -0.4 is 0 Å². The molecule has 0 aromatic carbocycles. The minimum Gasteiger partial charge on any atom is -0.384 e. The van der Waals surface area contributed by atoms with Gasteiger partial charge in [0.2, 0.25) is 5.91 Å². The zero-order valence-electron chi connectivity index (χ0n) is 12.3. The Morgan fingerprint density at radius 3 is 2.24 bits per heavy atom. The Balaban J connectivity index is 4.29. The molecule has 0 heterocycles. The highest BCUT2D eigenvalue weighted by Crippen LogP contribution is 2.17. The largest absolute Gasteiger partial charge is 0.384 e. The van der Waals surface area contributed by atoms with Gasteiger partial charge in [0.15, 0.2) is 0 Å². The minimum atomic E-state index is 0.116. The first-order chi connectivity index (χ1) is 7.97. The van der Waals surface area contributed by atoms with E-state index in [9.17, 15) is 4.79 Å². The number of carbonyl (C=O) groups excluding carboxylic acids is 1. The summed E-state index contributed by atoms with van der Waals surface area (Å²) in [5.41, 5.74) is 0. The van der Waals surface area contributed by atoms with Crippen LogP contribution in [0.1, 0.15) is 40.5 Å². The fourth-order valence-electron chi connectivity index (χ4n) is 1.96. The second kappa shape index (κ2) is 8.51. The Hall–Kier alpha value is -0.570. The lowest BCUT2D eigenvalue weighted by Gasteiger charge is -2.27. The SMILES string of the molecule is CCC(COC)CN(C)C(=O)C(C)C(C)CC. The third kappa shape index (κ3) is 5.53. The average molecular weight is 243 g/mol. The van der Waals surface area contributed by atoms with Crippen LogP contribution in [0.15, 0.2) is 0 Å². The van der Waals surface area contributed by atoms with E-state index in [-0.39, 0.29) is 11.8 Å². The first-order valence-electron chi connectivity index (χ1n) is 6.71. The molecule has 0 aromatic rings. The van der Waals surface area contributed by atoms with Gasteiger partial charge in [-0.2, -0.15) is 0 Å². The number of ether oxygens (including phenoxy) is 1. The van der Waals surface area contributed by atoms with Crippen LogP contribution in [0.3, 0.4) is 0 Å². The van der Waals surface area contributed by atoms with Crippen molar-refractivity contribution >= 4 is 5.91 Å². The second-order valence-electron chi connectivity index (χ2n) is 5.12. The Labute approximate surface area is 107 Å². The van der Waals surface area contributed by atoms with Crippen molar-refractivity contribution in [2.24, 2.45) is 17.8 Å². The number of hydrogen-bond acceptors (Lipinski definition) is 2. The second-order valence-corrected chi connectivity index (χ2v) is 5.12. The maximum absolute atomic E-state index is 12.2. The summed E-state index contributed by atoms with van der Waals surface area (Å²) in [7, 11) is 3.62. The molecular formula is C14H29NO2. The van der Waals surface area contributed by atoms with Crippen LogP contribution >= 0.6 is 0 Å². The first kappa shape index (κ1) is 16.4. The van der Waals surface area contributed by atoms with Crippen LogP contribution in [0.4, 0.5) is 0 Å². The van der Waals surface area contributed by atoms with Crippen molar-refractivity contribution in [3.63, 3.8) is 0 Å². The zero-order chi connectivity index (χ0) is 13.4. The number of methoxy groups -OCH3 is 1. The molecule has 0 aliphatic carbocycles. The van der Waals surface area contributed by atoms with Gasteiger partial charge in [0.25, 0.3) is 0 Å². The van der Waals surface area contributed by atoms with Gasteiger partial charge in [-0.25, -0.2) is 0 Å². The van der Waals surface area contributed by atoms with Gasteiger partial charge in [0, 0.05) is 26.6 Å². The molecule has 0 bridgehead atoms. The normalized spacial score (nSPS) is 16.4. The van der Waals surface area contributed by atoms with E-state index >= 15 is 0 Å². The fraction of sp³-hybridized carbons (Fsp3) is 0.929. The Morgan fingerprint density at radius 2 is 1.82 bits per heavy atom. The van der Waals surface area contributed by atoms with Gasteiger partial charge in [-0.05, 0) is 18.3 Å². The molecule has 0 aliphatic heterocycles. The molecule has 17 heavy (non-hydrogen) atoms. The van der Waals surface area contributed by atoms with Gasteiger partial charge in [-0.15, -0.1) is 0 Å². The van der Waals surface area contributed by atoms with E-state index in [2.05, 4.69) is 20.8 Å². The molecule has 1 amide bonds. The summed E-state index contributed by atoms with van der Waals surface area (Å²) in [6, 6.07) is 0. The smallest absolute Gasteiger partial charge is 0.225 e. The summed E-state index contributed by atoms with van der Waals surface area (Å²) in [6.07, 6.45) is 2.10. The zero-order valence-corrected chi connectivity index (χ0v) is 12.3. The molecule has 0 saturated heterocycles. The van der Waals surface area contributed by atoms with E-state index in [0.717, 1.165) is 26.0 Å². The predicted molar refractivity (Wildman–Crippen MR) is 71.9 cm³/mol. The van der Waals surface area contributed by atoms with E-state index in [4.69, 9.17) is 4.74 Å². The van der Waals surface area contributed by atoms with Crippen molar-refractivity contribution in [2.75, 3.05) is 27.3 Å². The van der Waals surface area contributed by atoms with Crippen molar-refractivity contribution in [3.8, 4) is 0 Å². The molecule has 0 radical (unpaired) electrons. The van der Waals surface area contributed by atoms with Gasteiger partial charge in [-0.1, -0.05) is 34.1 Å². The van der Waals surface area contributed by atoms with Crippen LogP contribution in [0.5, 0.6) is 0 Å². The highest BCUT2D eigenvalue weighted by molar-refractivity contribution is 5.78. The summed E-state index contributed by atoms with van der Waals surface area (Å²) >= 11 is 0. The van der Waals surface area contributed by atoms with Crippen LogP contribution in [-0.4, -0.2) is 38.1 Å². The van der Waals surface area contributed by atoms with E-state index in [0.29, 0.717) is 11.8 Å². The third-order valence-corrected chi connectivity index (χ3v) is 3.78. The summed E-state index contributed by atoms with van der Waals surface area (Å²) in [4.78, 5) is 14.0. The predicted octanol–water partition coefficient (Wildman–Crippen LogP) is 2.80. The summed E-state index contributed by atoms with van der Waals surface area (Å²) < 4.78 is 5.17. The molecule has 102 valence electrons. The topological polar surface area (TPSA) is 29.5 Å². The van der Waals surface area contributed by atoms with Gasteiger partial charge in [-0.3, -0.25) is 4.79 Å². The number of amides is 1. The summed E-state index contributed by atoms with van der Waals surface area (Å²) in [5.74, 6) is 1.27. The van der Waals surface area contributed by atoms with Crippen molar-refractivity contribution in [3.05, 3.63) is 0 Å². The molecule has 0 saturated carbocycles. The Kier molecular flexibility index (Phi) is 8.23. The Morgan fingerprint density at radius 1 is 1.24 bits per heavy atom. The molecule has 3 nitrogen and oxygen atoms in total. The molecule has 3 atom stereocenters. The minimum absolute atomic E-state index is 0.116. The van der Waals surface area contributed by atoms with Crippen molar-refractivity contribution in [2.45, 2.75) is 40.5 Å². The van der Waals surface area contributed by atoms with E-state index in [1.807, 2.05) is 18.9 Å². The Bertz CT molecular complexity index is 218. The molecule has 3 heteroatoms. The highest BCUT2D eigenvalue weighted by atomic mass is 16.5. The van der Waals surface area contributed by atoms with Crippen LogP contribution in [0, 0.1) is 17.8 Å². The molecular weight excluding hydrogens is 214 g/mol. The number of hydrogen-bond donors (Lipinski definition) is 0. The summed E-state index contributed by atoms with van der Waals surface area (Å²) in [5, 5.41) is 0. The highest BCUT2D eigenvalue weighted by Gasteiger charge is 2.23. The van der Waals surface area contributed by atoms with Crippen LogP contribution in [0.2, 0.25) is 0 Å². The summed E-state index contributed by atoms with van der Waals surface area (Å²) in [6.45, 7) is 9.97. The molecule has 0 rings (SSSR count). The number of rotatable bonds is 8. The van der Waals surface area contributed by atoms with Gasteiger partial charge in [0.05, 0.1) is 6.61 Å². The van der Waals surface area contributed by atoms with Gasteiger partial charge in [0.1, 0.15) is 0 Å². The van der Waals surface area contributed by atoms with E-state index < -0.39 is 0 Å². The first-order valence-corrected chi connectivity index (χ1v) is 6.71. The molecule has 0 aliphatic rings. The maximum atomic E-state index is 12.2. The molecule has 0 spiro atoms. The molecule has 0 aromatic heterocycles. The lowest BCUT2D eigenvalue weighted by Crippen LogP contribution is -2.38. The van der Waals surface area contributed by atoms with Gasteiger partial charge < -0.3 is 9.64 Å². The maximum Gasteiger partial charge on any atom is 0.225 e. The van der Waals surface area contributed by atoms with Crippen molar-refractivity contribution < 1.29 is 9.53 Å². The quantitative estimate of drug-likeness (QED) is 0.656. The molecule has 0 N–H and O–H groups in total. The lowest BCUT2D eigenvalue weighted by atomic mass is 9.92. The third-order valence-electron chi connectivity index (χ3n) is 3.78. The number of carbonyl (C=O) groups is 1. The van der Waals surface area contributed by atoms with Crippen LogP contribution in [-0.2, 0) is 9.53 Å². The van der Waals surface area contributed by atoms with Crippen LogP contribution in [0.25, 0.3) is 0 Å². The van der Waals surface area contributed by atoms with Crippen molar-refractivity contribution in [1.82, 2.24) is 4.90 Å².